The molecule has 1 aromatic rings. The third kappa shape index (κ3) is 1.56. The number of carbonyl (C=O) groups is 1. The maximum Gasteiger partial charge on any atom is 0.310 e. The Kier molecular flexibility index (Phi) is 1.48. The zero-order valence-electron chi connectivity index (χ0n) is 4.92. The van der Waals surface area contributed by atoms with E-state index in [1.54, 1.807) is 6.20 Å². The fraction of sp³-hybridized carbons (Fsp3) is 0.200. The molecule has 0 saturated heterocycles. The van der Waals surface area contributed by atoms with Crippen LogP contribution in [0.3, 0.4) is 0 Å². The minimum atomic E-state index is -0.370. The van der Waals surface area contributed by atoms with Gasteiger partial charge in [-0.1, -0.05) is 0 Å². The number of aromatic amines is 1. The van der Waals surface area contributed by atoms with Gasteiger partial charge in [-0.3, -0.25) is 4.79 Å². The first-order valence-electron chi connectivity index (χ1n) is 2.47. The molecular formula is C5H6N2O2. The Hall–Kier alpha value is -1.32. The van der Waals surface area contributed by atoms with Gasteiger partial charge < -0.3 is 9.72 Å². The molecule has 0 spiro atoms. The number of carbonyl (C=O) groups excluding carboxylic acids is 1. The summed E-state index contributed by atoms with van der Waals surface area (Å²) in [4.78, 5) is 16.5. The quantitative estimate of drug-likeness (QED) is 0.552. The number of imidazole rings is 1. The SMILES string of the molecule is CC(=O)Oc1ncc[nH]1. The van der Waals surface area contributed by atoms with E-state index in [0.29, 0.717) is 0 Å². The number of aromatic nitrogens is 2. The van der Waals surface area contributed by atoms with E-state index >= 15 is 0 Å². The highest BCUT2D eigenvalue weighted by Crippen LogP contribution is 1.97. The van der Waals surface area contributed by atoms with Gasteiger partial charge in [0.25, 0.3) is 0 Å². The van der Waals surface area contributed by atoms with Gasteiger partial charge in [0.1, 0.15) is 0 Å². The first-order valence-corrected chi connectivity index (χ1v) is 2.47. The third-order valence-electron chi connectivity index (χ3n) is 0.714. The van der Waals surface area contributed by atoms with E-state index in [4.69, 9.17) is 0 Å². The van der Waals surface area contributed by atoms with Crippen molar-refractivity contribution in [1.29, 1.82) is 0 Å². The maximum atomic E-state index is 10.2. The molecule has 0 bridgehead atoms. The Morgan fingerprint density at radius 1 is 1.89 bits per heavy atom. The van der Waals surface area contributed by atoms with E-state index in [0.717, 1.165) is 0 Å². The Morgan fingerprint density at radius 2 is 2.67 bits per heavy atom. The minimum Gasteiger partial charge on any atom is -0.392 e. The molecule has 0 unspecified atom stereocenters. The number of hydrogen-bond donors (Lipinski definition) is 1. The van der Waals surface area contributed by atoms with Crippen molar-refractivity contribution < 1.29 is 9.53 Å². The lowest BCUT2D eigenvalue weighted by Crippen LogP contribution is -2.02. The second-order valence-corrected chi connectivity index (χ2v) is 1.49. The summed E-state index contributed by atoms with van der Waals surface area (Å²) < 4.78 is 4.55. The average molecular weight is 126 g/mol. The Labute approximate surface area is 51.9 Å². The summed E-state index contributed by atoms with van der Waals surface area (Å²) in [7, 11) is 0. The lowest BCUT2D eigenvalue weighted by atomic mass is 10.8. The number of nitrogens with one attached hydrogen (secondary N) is 1. The van der Waals surface area contributed by atoms with Gasteiger partial charge in [0.2, 0.25) is 0 Å². The van der Waals surface area contributed by atoms with Gasteiger partial charge in [-0.2, -0.15) is 0 Å². The molecule has 48 valence electrons. The van der Waals surface area contributed by atoms with E-state index in [-0.39, 0.29) is 12.0 Å². The van der Waals surface area contributed by atoms with E-state index in [2.05, 4.69) is 14.7 Å². The van der Waals surface area contributed by atoms with Crippen LogP contribution in [0.1, 0.15) is 6.92 Å². The van der Waals surface area contributed by atoms with Crippen LogP contribution in [-0.2, 0) is 4.79 Å². The third-order valence-corrected chi connectivity index (χ3v) is 0.714. The molecule has 4 nitrogen and oxygen atoms in total. The van der Waals surface area contributed by atoms with Crippen LogP contribution < -0.4 is 4.74 Å². The smallest absolute Gasteiger partial charge is 0.310 e. The Bertz CT molecular complexity index is 193. The van der Waals surface area contributed by atoms with Crippen molar-refractivity contribution in [3.8, 4) is 6.01 Å². The van der Waals surface area contributed by atoms with Crippen LogP contribution in [0, 0.1) is 0 Å². The van der Waals surface area contributed by atoms with E-state index in [9.17, 15) is 4.79 Å². The van der Waals surface area contributed by atoms with Crippen molar-refractivity contribution in [2.45, 2.75) is 6.92 Å². The fourth-order valence-electron chi connectivity index (χ4n) is 0.443. The summed E-state index contributed by atoms with van der Waals surface area (Å²) in [6, 6.07) is 0.238. The first kappa shape index (κ1) is 5.81. The molecule has 0 saturated carbocycles. The van der Waals surface area contributed by atoms with Gasteiger partial charge in [-0.05, 0) is 0 Å². The summed E-state index contributed by atoms with van der Waals surface area (Å²) in [6.07, 6.45) is 3.09. The van der Waals surface area contributed by atoms with Crippen LogP contribution >= 0.6 is 0 Å². The van der Waals surface area contributed by atoms with Crippen molar-refractivity contribution in [2.75, 3.05) is 0 Å². The van der Waals surface area contributed by atoms with Gasteiger partial charge in [-0.25, -0.2) is 4.98 Å². The van der Waals surface area contributed by atoms with Gasteiger partial charge >= 0.3 is 12.0 Å². The predicted octanol–water partition coefficient (Wildman–Crippen LogP) is 0.335. The number of H-pyrrole nitrogens is 1. The largest absolute Gasteiger partial charge is 0.392 e. The van der Waals surface area contributed by atoms with Gasteiger partial charge in [0, 0.05) is 19.3 Å². The molecule has 0 atom stereocenters. The highest BCUT2D eigenvalue weighted by molar-refractivity contribution is 5.68. The number of esters is 1. The summed E-state index contributed by atoms with van der Waals surface area (Å²) in [6.45, 7) is 1.32. The monoisotopic (exact) mass is 126 g/mol. The van der Waals surface area contributed by atoms with Crippen LogP contribution in [0.15, 0.2) is 12.4 Å². The lowest BCUT2D eigenvalue weighted by molar-refractivity contribution is -0.132. The van der Waals surface area contributed by atoms with Crippen LogP contribution in [0.2, 0.25) is 0 Å². The second-order valence-electron chi connectivity index (χ2n) is 1.49. The van der Waals surface area contributed by atoms with Gasteiger partial charge in [0.15, 0.2) is 0 Å². The van der Waals surface area contributed by atoms with Crippen molar-refractivity contribution in [3.63, 3.8) is 0 Å². The van der Waals surface area contributed by atoms with Crippen LogP contribution in [0.5, 0.6) is 6.01 Å². The molecule has 0 fully saturated rings. The van der Waals surface area contributed by atoms with E-state index in [1.807, 2.05) is 0 Å². The second kappa shape index (κ2) is 2.30. The van der Waals surface area contributed by atoms with E-state index < -0.39 is 0 Å². The molecule has 1 rings (SSSR count). The maximum absolute atomic E-state index is 10.2. The van der Waals surface area contributed by atoms with Crippen LogP contribution in [0.4, 0.5) is 0 Å². The average Bonchev–Trinajstić information content (AvgIpc) is 2.15. The number of rotatable bonds is 1. The molecule has 1 N–H and O–H groups in total. The highest BCUT2D eigenvalue weighted by atomic mass is 16.5. The lowest BCUT2D eigenvalue weighted by Gasteiger charge is -1.90. The van der Waals surface area contributed by atoms with Crippen LogP contribution in [-0.4, -0.2) is 15.9 Å². The molecule has 4 heteroatoms. The number of nitrogens with zero attached hydrogens (tertiary/aromatic N) is 1. The molecule has 0 aliphatic heterocycles. The highest BCUT2D eigenvalue weighted by Gasteiger charge is 1.96. The first-order chi connectivity index (χ1) is 4.29. The van der Waals surface area contributed by atoms with Crippen LogP contribution in [0.25, 0.3) is 0 Å². The van der Waals surface area contributed by atoms with Crippen molar-refractivity contribution in [2.24, 2.45) is 0 Å². The summed E-state index contributed by atoms with van der Waals surface area (Å²) in [5.41, 5.74) is 0. The summed E-state index contributed by atoms with van der Waals surface area (Å²) in [5, 5.41) is 0. The van der Waals surface area contributed by atoms with E-state index in [1.165, 1.54) is 13.1 Å². The molecule has 0 aliphatic rings. The molecule has 0 aromatic carbocycles. The molecule has 0 aliphatic carbocycles. The van der Waals surface area contributed by atoms with Crippen molar-refractivity contribution in [3.05, 3.63) is 12.4 Å². The molecule has 1 aromatic heterocycles. The molecule has 0 amide bonds. The molecular weight excluding hydrogens is 120 g/mol. The normalized spacial score (nSPS) is 9.00. The number of ether oxygens (including phenoxy) is 1. The zero-order chi connectivity index (χ0) is 6.69. The number of hydrogen-bond acceptors (Lipinski definition) is 3. The summed E-state index contributed by atoms with van der Waals surface area (Å²) >= 11 is 0. The van der Waals surface area contributed by atoms with Crippen molar-refractivity contribution in [1.82, 2.24) is 9.97 Å². The Balaban J connectivity index is 2.58. The zero-order valence-corrected chi connectivity index (χ0v) is 4.92. The standard InChI is InChI=1S/C5H6N2O2/c1-4(8)9-5-6-2-3-7-5/h2-3H,1H3,(H,6,7). The molecule has 0 radical (unpaired) electrons. The summed E-state index contributed by atoms with van der Waals surface area (Å²) in [5.74, 6) is -0.370. The van der Waals surface area contributed by atoms with Gasteiger partial charge in [0.05, 0.1) is 0 Å². The fourth-order valence-corrected chi connectivity index (χ4v) is 0.443. The molecule has 9 heavy (non-hydrogen) atoms. The predicted molar refractivity (Wildman–Crippen MR) is 29.9 cm³/mol. The Morgan fingerprint density at radius 3 is 3.11 bits per heavy atom. The van der Waals surface area contributed by atoms with Crippen molar-refractivity contribution >= 4 is 5.97 Å². The minimum absolute atomic E-state index is 0.238. The van der Waals surface area contributed by atoms with Gasteiger partial charge in [-0.15, -0.1) is 0 Å². The molecule has 1 heterocycles. The topological polar surface area (TPSA) is 55.0 Å².